The number of halogens is 4. The predicted molar refractivity (Wildman–Crippen MR) is 92.6 cm³/mol. The molecule has 0 N–H and O–H groups in total. The molecule has 8 heteroatoms. The van der Waals surface area contributed by atoms with Crippen LogP contribution in [0.15, 0.2) is 36.4 Å². The molecule has 0 spiro atoms. The van der Waals surface area contributed by atoms with Crippen LogP contribution in [-0.2, 0) is 22.5 Å². The Morgan fingerprint density at radius 1 is 1.11 bits per heavy atom. The Kier molecular flexibility index (Phi) is 4.64. The Bertz CT molecular complexity index is 900. The smallest absolute Gasteiger partial charge is 0.464 e. The van der Waals surface area contributed by atoms with Gasteiger partial charge in [-0.25, -0.2) is 4.39 Å². The maximum atomic E-state index is 14.2. The highest BCUT2D eigenvalue weighted by Gasteiger charge is 2.40. The quantitative estimate of drug-likeness (QED) is 0.559. The molecule has 0 bridgehead atoms. The molecule has 0 amide bonds. The maximum absolute atomic E-state index is 14.2. The van der Waals surface area contributed by atoms with Gasteiger partial charge in [0, 0.05) is 25.1 Å². The molecule has 1 aliphatic heterocycles. The van der Waals surface area contributed by atoms with Crippen LogP contribution >= 0.6 is 0 Å². The number of fused-ring (bicyclic) bond motifs is 1. The fourth-order valence-corrected chi connectivity index (χ4v) is 3.69. The molecular weight excluding hydrogens is 378 g/mol. The number of carbonyl (C=O) groups excluding carboxylic acids is 1. The number of ether oxygens (including phenoxy) is 2. The van der Waals surface area contributed by atoms with Crippen LogP contribution in [0, 0.1) is 5.82 Å². The fraction of sp³-hybridized carbons (Fsp3) is 0.350. The van der Waals surface area contributed by atoms with Crippen LogP contribution in [0.4, 0.5) is 23.2 Å². The third-order valence-corrected chi connectivity index (χ3v) is 5.12. The van der Waals surface area contributed by atoms with Crippen LogP contribution in [0.3, 0.4) is 0 Å². The number of alkyl halides is 3. The first-order chi connectivity index (χ1) is 13.3. The molecule has 4 rings (SSSR count). The van der Waals surface area contributed by atoms with Crippen LogP contribution in [0.5, 0.6) is 5.75 Å². The second-order valence-electron chi connectivity index (χ2n) is 6.97. The van der Waals surface area contributed by atoms with Crippen molar-refractivity contribution in [3.63, 3.8) is 0 Å². The molecular formula is C20H17F4NO3. The van der Waals surface area contributed by atoms with Crippen LogP contribution in [0.1, 0.15) is 29.0 Å². The fourth-order valence-electron chi connectivity index (χ4n) is 3.69. The van der Waals surface area contributed by atoms with Crippen molar-refractivity contribution < 1.29 is 31.8 Å². The Balaban J connectivity index is 1.51. The van der Waals surface area contributed by atoms with E-state index in [0.717, 1.165) is 41.3 Å². The van der Waals surface area contributed by atoms with Crippen LogP contribution in [0.25, 0.3) is 0 Å². The van der Waals surface area contributed by atoms with E-state index in [1.54, 1.807) is 4.90 Å². The van der Waals surface area contributed by atoms with E-state index in [1.807, 2.05) is 12.1 Å². The van der Waals surface area contributed by atoms with Crippen molar-refractivity contribution in [2.75, 3.05) is 11.4 Å². The number of hydrogen-bond acceptors (Lipinski definition) is 4. The van der Waals surface area contributed by atoms with Gasteiger partial charge in [0.05, 0.1) is 5.69 Å². The maximum Gasteiger partial charge on any atom is 0.573 e. The standard InChI is InChI=1S/C20H17F4NO3/c21-17-4-3-15(28-20(22,23)24)8-18(17)25-6-5-12-7-13(1-2-14(12)10-25)16-9-19(16)27-11-26/h1-4,7-8,11,16,19H,5-6,9-10H2/t16-,19-/m1/s1. The molecule has 2 aliphatic rings. The van der Waals surface area contributed by atoms with Gasteiger partial charge in [-0.2, -0.15) is 0 Å². The van der Waals surface area contributed by atoms with Gasteiger partial charge in [0.1, 0.15) is 17.7 Å². The summed E-state index contributed by atoms with van der Waals surface area (Å²) in [4.78, 5) is 12.1. The van der Waals surface area contributed by atoms with E-state index in [4.69, 9.17) is 4.74 Å². The summed E-state index contributed by atoms with van der Waals surface area (Å²) in [6, 6.07) is 9.00. The Hall–Kier alpha value is -2.77. The zero-order valence-corrected chi connectivity index (χ0v) is 14.7. The first-order valence-electron chi connectivity index (χ1n) is 8.85. The molecule has 2 aromatic rings. The van der Waals surface area contributed by atoms with E-state index in [1.165, 1.54) is 0 Å². The molecule has 1 aliphatic carbocycles. The number of anilines is 1. The normalized spacial score (nSPS) is 21.1. The first kappa shape index (κ1) is 18.6. The van der Waals surface area contributed by atoms with Gasteiger partial charge < -0.3 is 14.4 Å². The first-order valence-corrected chi connectivity index (χ1v) is 8.85. The molecule has 1 heterocycles. The number of hydrogen-bond donors (Lipinski definition) is 0. The van der Waals surface area contributed by atoms with Crippen molar-refractivity contribution in [1.29, 1.82) is 0 Å². The van der Waals surface area contributed by atoms with Crippen molar-refractivity contribution in [3.05, 3.63) is 58.9 Å². The monoisotopic (exact) mass is 395 g/mol. The number of rotatable bonds is 5. The Morgan fingerprint density at radius 2 is 1.93 bits per heavy atom. The summed E-state index contributed by atoms with van der Waals surface area (Å²) in [6.07, 6.45) is -3.45. The molecule has 148 valence electrons. The lowest BCUT2D eigenvalue weighted by atomic mass is 9.95. The van der Waals surface area contributed by atoms with E-state index < -0.39 is 17.9 Å². The molecule has 28 heavy (non-hydrogen) atoms. The topological polar surface area (TPSA) is 38.8 Å². The summed E-state index contributed by atoms with van der Waals surface area (Å²) in [7, 11) is 0. The van der Waals surface area contributed by atoms with Crippen LogP contribution in [0.2, 0.25) is 0 Å². The summed E-state index contributed by atoms with van der Waals surface area (Å²) < 4.78 is 60.4. The molecule has 1 saturated carbocycles. The van der Waals surface area contributed by atoms with Gasteiger partial charge in [-0.1, -0.05) is 18.2 Å². The minimum atomic E-state index is -4.83. The van der Waals surface area contributed by atoms with Crippen molar-refractivity contribution >= 4 is 12.2 Å². The summed E-state index contributed by atoms with van der Waals surface area (Å²) in [6.45, 7) is 1.33. The Morgan fingerprint density at radius 3 is 2.68 bits per heavy atom. The van der Waals surface area contributed by atoms with E-state index in [0.29, 0.717) is 26.0 Å². The van der Waals surface area contributed by atoms with Crippen LogP contribution < -0.4 is 9.64 Å². The lowest BCUT2D eigenvalue weighted by Gasteiger charge is -2.31. The van der Waals surface area contributed by atoms with Crippen molar-refractivity contribution in [2.24, 2.45) is 0 Å². The summed E-state index contributed by atoms with van der Waals surface area (Å²) in [5.74, 6) is -0.830. The zero-order chi connectivity index (χ0) is 19.9. The highest BCUT2D eigenvalue weighted by molar-refractivity contribution is 5.54. The predicted octanol–water partition coefficient (Wildman–Crippen LogP) is 4.32. The summed E-state index contributed by atoms with van der Waals surface area (Å²) >= 11 is 0. The highest BCUT2D eigenvalue weighted by Crippen LogP contribution is 2.44. The molecule has 0 aromatic heterocycles. The SMILES string of the molecule is O=CO[C@@H]1C[C@@H]1c1ccc2c(c1)CCN(c1cc(OC(F)(F)F)ccc1F)C2. The molecule has 1 fully saturated rings. The van der Waals surface area contributed by atoms with Gasteiger partial charge in [0.25, 0.3) is 6.47 Å². The van der Waals surface area contributed by atoms with Crippen molar-refractivity contribution in [1.82, 2.24) is 0 Å². The molecule has 2 atom stereocenters. The van der Waals surface area contributed by atoms with E-state index in [-0.39, 0.29) is 17.7 Å². The number of carbonyl (C=O) groups is 1. The second kappa shape index (κ2) is 7.00. The average Bonchev–Trinajstić information content (AvgIpc) is 3.41. The van der Waals surface area contributed by atoms with Gasteiger partial charge in [0.2, 0.25) is 0 Å². The molecule has 0 unspecified atom stereocenters. The number of nitrogens with zero attached hydrogens (tertiary/aromatic N) is 1. The molecule has 2 aromatic carbocycles. The minimum Gasteiger partial charge on any atom is -0.464 e. The van der Waals surface area contributed by atoms with Gasteiger partial charge in [-0.15, -0.1) is 13.2 Å². The second-order valence-corrected chi connectivity index (χ2v) is 6.97. The highest BCUT2D eigenvalue weighted by atomic mass is 19.4. The van der Waals surface area contributed by atoms with Crippen LogP contribution in [-0.4, -0.2) is 25.5 Å². The summed E-state index contributed by atoms with van der Waals surface area (Å²) in [5, 5.41) is 0. The van der Waals surface area contributed by atoms with Crippen molar-refractivity contribution in [3.8, 4) is 5.75 Å². The molecule has 0 radical (unpaired) electrons. The minimum absolute atomic E-state index is 0.0684. The average molecular weight is 395 g/mol. The largest absolute Gasteiger partial charge is 0.573 e. The molecule has 4 nitrogen and oxygen atoms in total. The Labute approximate surface area is 158 Å². The molecule has 0 saturated heterocycles. The van der Waals surface area contributed by atoms with Gasteiger partial charge >= 0.3 is 6.36 Å². The van der Waals surface area contributed by atoms with E-state index in [2.05, 4.69) is 10.8 Å². The summed E-state index contributed by atoms with van der Waals surface area (Å²) in [5.41, 5.74) is 3.29. The lowest BCUT2D eigenvalue weighted by Crippen LogP contribution is -2.31. The third-order valence-electron chi connectivity index (χ3n) is 5.12. The zero-order valence-electron chi connectivity index (χ0n) is 14.7. The number of benzene rings is 2. The van der Waals surface area contributed by atoms with Crippen molar-refractivity contribution in [2.45, 2.75) is 37.8 Å². The third kappa shape index (κ3) is 3.90. The van der Waals surface area contributed by atoms with Gasteiger partial charge in [-0.05, 0) is 41.7 Å². The lowest BCUT2D eigenvalue weighted by molar-refractivity contribution is -0.274. The van der Waals surface area contributed by atoms with Gasteiger partial charge in [0.15, 0.2) is 0 Å². The van der Waals surface area contributed by atoms with E-state index >= 15 is 0 Å². The van der Waals surface area contributed by atoms with E-state index in [9.17, 15) is 22.4 Å². The van der Waals surface area contributed by atoms with Gasteiger partial charge in [-0.3, -0.25) is 4.79 Å².